The van der Waals surface area contributed by atoms with E-state index in [-0.39, 0.29) is 18.1 Å². The minimum Gasteiger partial charge on any atom is -0.395 e. The van der Waals surface area contributed by atoms with Gasteiger partial charge < -0.3 is 19.5 Å². The SMILES string of the molecule is C=CCOC(C)C(=O)Nc1ccc2c(c1)OC(F)(F)O2. The van der Waals surface area contributed by atoms with Crippen LogP contribution in [0.1, 0.15) is 6.92 Å². The molecule has 1 aliphatic rings. The number of hydrogen-bond acceptors (Lipinski definition) is 4. The minimum absolute atomic E-state index is 0.0797. The predicted octanol–water partition coefficient (Wildman–Crippen LogP) is 2.54. The first kappa shape index (κ1) is 14.3. The first-order chi connectivity index (χ1) is 9.41. The van der Waals surface area contributed by atoms with E-state index in [4.69, 9.17) is 4.74 Å². The van der Waals surface area contributed by atoms with Crippen LogP contribution in [-0.2, 0) is 9.53 Å². The molecule has 1 N–H and O–H groups in total. The van der Waals surface area contributed by atoms with Gasteiger partial charge in [0.05, 0.1) is 6.61 Å². The lowest BCUT2D eigenvalue weighted by Crippen LogP contribution is -2.27. The van der Waals surface area contributed by atoms with Crippen LogP contribution in [0.3, 0.4) is 0 Å². The molecular formula is C13H13F2NO4. The van der Waals surface area contributed by atoms with Gasteiger partial charge in [0.25, 0.3) is 5.91 Å². The average molecular weight is 285 g/mol. The lowest BCUT2D eigenvalue weighted by atomic mass is 10.2. The van der Waals surface area contributed by atoms with Gasteiger partial charge in [-0.3, -0.25) is 4.79 Å². The molecule has 1 aromatic rings. The van der Waals surface area contributed by atoms with Crippen LogP contribution in [0.25, 0.3) is 0 Å². The van der Waals surface area contributed by atoms with E-state index in [1.807, 2.05) is 0 Å². The summed E-state index contributed by atoms with van der Waals surface area (Å²) in [7, 11) is 0. The number of nitrogens with one attached hydrogen (secondary N) is 1. The van der Waals surface area contributed by atoms with Crippen LogP contribution in [0.5, 0.6) is 11.5 Å². The van der Waals surface area contributed by atoms with Crippen LogP contribution in [0.4, 0.5) is 14.5 Å². The van der Waals surface area contributed by atoms with E-state index in [0.29, 0.717) is 5.69 Å². The van der Waals surface area contributed by atoms with Crippen LogP contribution in [0.2, 0.25) is 0 Å². The highest BCUT2D eigenvalue weighted by molar-refractivity contribution is 5.94. The topological polar surface area (TPSA) is 56.8 Å². The van der Waals surface area contributed by atoms with E-state index in [1.54, 1.807) is 6.92 Å². The fraction of sp³-hybridized carbons (Fsp3) is 0.308. The van der Waals surface area contributed by atoms with Crippen molar-refractivity contribution < 1.29 is 27.8 Å². The van der Waals surface area contributed by atoms with Crippen molar-refractivity contribution in [3.05, 3.63) is 30.9 Å². The number of benzene rings is 1. The summed E-state index contributed by atoms with van der Waals surface area (Å²) >= 11 is 0. The van der Waals surface area contributed by atoms with Crippen LogP contribution in [0, 0.1) is 0 Å². The Labute approximate surface area is 114 Å². The number of carbonyl (C=O) groups excluding carboxylic acids is 1. The molecule has 0 fully saturated rings. The smallest absolute Gasteiger partial charge is 0.395 e. The Morgan fingerprint density at radius 2 is 2.20 bits per heavy atom. The Balaban J connectivity index is 2.02. The molecule has 0 spiro atoms. The molecule has 0 radical (unpaired) electrons. The molecule has 1 aliphatic heterocycles. The van der Waals surface area contributed by atoms with Gasteiger partial charge in [0.2, 0.25) is 0 Å². The summed E-state index contributed by atoms with van der Waals surface area (Å²) in [5.41, 5.74) is 0.309. The molecule has 5 nitrogen and oxygen atoms in total. The van der Waals surface area contributed by atoms with Crippen LogP contribution in [0.15, 0.2) is 30.9 Å². The second-order valence-electron chi connectivity index (χ2n) is 4.08. The molecule has 0 aromatic heterocycles. The zero-order valence-corrected chi connectivity index (χ0v) is 10.7. The molecule has 1 amide bonds. The minimum atomic E-state index is -3.68. The molecule has 7 heteroatoms. The summed E-state index contributed by atoms with van der Waals surface area (Å²) < 4.78 is 39.4. The molecule has 2 rings (SSSR count). The molecule has 108 valence electrons. The van der Waals surface area contributed by atoms with Gasteiger partial charge in [-0.1, -0.05) is 6.08 Å². The van der Waals surface area contributed by atoms with Crippen molar-refractivity contribution in [2.24, 2.45) is 0 Å². The highest BCUT2D eigenvalue weighted by Gasteiger charge is 2.43. The molecule has 1 unspecified atom stereocenters. The Morgan fingerprint density at radius 1 is 1.50 bits per heavy atom. The molecule has 0 bridgehead atoms. The van der Waals surface area contributed by atoms with Gasteiger partial charge in [0.15, 0.2) is 11.5 Å². The zero-order valence-electron chi connectivity index (χ0n) is 10.7. The van der Waals surface area contributed by atoms with Gasteiger partial charge in [-0.2, -0.15) is 0 Å². The molecule has 1 atom stereocenters. The van der Waals surface area contributed by atoms with E-state index >= 15 is 0 Å². The number of halogens is 2. The number of amides is 1. The van der Waals surface area contributed by atoms with Gasteiger partial charge in [0, 0.05) is 11.8 Å². The monoisotopic (exact) mass is 285 g/mol. The van der Waals surface area contributed by atoms with E-state index in [0.717, 1.165) is 0 Å². The van der Waals surface area contributed by atoms with Crippen molar-refractivity contribution >= 4 is 11.6 Å². The largest absolute Gasteiger partial charge is 0.586 e. The fourth-order valence-corrected chi connectivity index (χ4v) is 1.56. The second-order valence-corrected chi connectivity index (χ2v) is 4.08. The van der Waals surface area contributed by atoms with Gasteiger partial charge >= 0.3 is 6.29 Å². The van der Waals surface area contributed by atoms with Gasteiger partial charge in [0.1, 0.15) is 6.10 Å². The molecule has 0 saturated carbocycles. The van der Waals surface area contributed by atoms with E-state index in [1.165, 1.54) is 24.3 Å². The van der Waals surface area contributed by atoms with E-state index in [9.17, 15) is 13.6 Å². The Kier molecular flexibility index (Phi) is 3.89. The Hall–Kier alpha value is -2.15. The summed E-state index contributed by atoms with van der Waals surface area (Å²) in [6, 6.07) is 3.98. The summed E-state index contributed by atoms with van der Waals surface area (Å²) in [5.74, 6) is -0.617. The number of fused-ring (bicyclic) bond motifs is 1. The summed E-state index contributed by atoms with van der Waals surface area (Å²) in [5, 5.41) is 2.53. The number of anilines is 1. The second kappa shape index (κ2) is 5.46. The summed E-state index contributed by atoms with van der Waals surface area (Å²) in [6.07, 6.45) is -2.85. The maximum absolute atomic E-state index is 12.8. The van der Waals surface area contributed by atoms with Crippen LogP contribution < -0.4 is 14.8 Å². The normalized spacial score (nSPS) is 16.6. The molecule has 0 aliphatic carbocycles. The maximum Gasteiger partial charge on any atom is 0.586 e. The van der Waals surface area contributed by atoms with Gasteiger partial charge in [-0.25, -0.2) is 0 Å². The zero-order chi connectivity index (χ0) is 14.8. The van der Waals surface area contributed by atoms with Crippen molar-refractivity contribution in [1.82, 2.24) is 0 Å². The van der Waals surface area contributed by atoms with Crippen molar-refractivity contribution in [2.45, 2.75) is 19.3 Å². The first-order valence-corrected chi connectivity index (χ1v) is 5.84. The van der Waals surface area contributed by atoms with Crippen molar-refractivity contribution in [1.29, 1.82) is 0 Å². The number of carbonyl (C=O) groups is 1. The van der Waals surface area contributed by atoms with Crippen LogP contribution in [-0.4, -0.2) is 24.9 Å². The first-order valence-electron chi connectivity index (χ1n) is 5.84. The number of alkyl halides is 2. The van der Waals surface area contributed by atoms with E-state index in [2.05, 4.69) is 21.4 Å². The highest BCUT2D eigenvalue weighted by atomic mass is 19.3. The third-order valence-corrected chi connectivity index (χ3v) is 2.50. The van der Waals surface area contributed by atoms with Crippen molar-refractivity contribution in [3.8, 4) is 11.5 Å². The van der Waals surface area contributed by atoms with Gasteiger partial charge in [-0.05, 0) is 19.1 Å². The lowest BCUT2D eigenvalue weighted by molar-refractivity contribution is -0.286. The van der Waals surface area contributed by atoms with Crippen molar-refractivity contribution in [2.75, 3.05) is 11.9 Å². The predicted molar refractivity (Wildman–Crippen MR) is 66.9 cm³/mol. The van der Waals surface area contributed by atoms with E-state index < -0.39 is 18.3 Å². The maximum atomic E-state index is 12.8. The standard InChI is InChI=1S/C13H13F2NO4/c1-3-6-18-8(2)12(17)16-9-4-5-10-11(7-9)20-13(14,15)19-10/h3-5,7-8H,1,6H2,2H3,(H,16,17). The Bertz CT molecular complexity index is 533. The third-order valence-electron chi connectivity index (χ3n) is 2.50. The van der Waals surface area contributed by atoms with Gasteiger partial charge in [-0.15, -0.1) is 15.4 Å². The molecule has 1 aromatic carbocycles. The lowest BCUT2D eigenvalue weighted by Gasteiger charge is -2.12. The number of rotatable bonds is 5. The number of hydrogen-bond donors (Lipinski definition) is 1. The Morgan fingerprint density at radius 3 is 2.90 bits per heavy atom. The van der Waals surface area contributed by atoms with Crippen molar-refractivity contribution in [3.63, 3.8) is 0 Å². The molecule has 20 heavy (non-hydrogen) atoms. The fourth-order valence-electron chi connectivity index (χ4n) is 1.56. The molecule has 0 saturated heterocycles. The quantitative estimate of drug-likeness (QED) is 0.845. The summed E-state index contributed by atoms with van der Waals surface area (Å²) in [4.78, 5) is 11.8. The third kappa shape index (κ3) is 3.24. The highest BCUT2D eigenvalue weighted by Crippen LogP contribution is 2.42. The van der Waals surface area contributed by atoms with Crippen LogP contribution >= 0.6 is 0 Å². The molecular weight excluding hydrogens is 272 g/mol. The average Bonchev–Trinajstić information content (AvgIpc) is 2.68. The summed E-state index contributed by atoms with van der Waals surface area (Å²) in [6.45, 7) is 5.28. The molecule has 1 heterocycles. The number of ether oxygens (including phenoxy) is 3.